The van der Waals surface area contributed by atoms with Crippen LogP contribution in [0.25, 0.3) is 0 Å². The van der Waals surface area contributed by atoms with E-state index in [-0.39, 0.29) is 6.61 Å². The van der Waals surface area contributed by atoms with Gasteiger partial charge in [0.1, 0.15) is 4.32 Å². The quantitative estimate of drug-likeness (QED) is 0.830. The van der Waals surface area contributed by atoms with Crippen LogP contribution in [0.2, 0.25) is 0 Å². The second-order valence-electron chi connectivity index (χ2n) is 3.70. The largest absolute Gasteiger partial charge is 0.392 e. The molecule has 0 amide bonds. The van der Waals surface area contributed by atoms with E-state index in [0.717, 1.165) is 28.7 Å². The summed E-state index contributed by atoms with van der Waals surface area (Å²) in [5.41, 5.74) is 2.19. The predicted molar refractivity (Wildman–Crippen MR) is 79.2 cm³/mol. The lowest BCUT2D eigenvalue weighted by molar-refractivity contribution is 0.282. The normalized spacial score (nSPS) is 10.3. The van der Waals surface area contributed by atoms with Gasteiger partial charge in [-0.1, -0.05) is 48.2 Å². The molecule has 2 nitrogen and oxygen atoms in total. The van der Waals surface area contributed by atoms with Crippen molar-refractivity contribution in [2.45, 2.75) is 26.2 Å². The Balaban J connectivity index is 2.46. The third-order valence-corrected chi connectivity index (χ3v) is 4.18. The number of hydrogen-bond donors (Lipinski definition) is 1. The number of aliphatic hydroxyl groups excluding tert-OH is 1. The Bertz CT molecular complexity index is 347. The lowest BCUT2D eigenvalue weighted by Crippen LogP contribution is -2.26. The van der Waals surface area contributed by atoms with Gasteiger partial charge in [-0.2, -0.15) is 0 Å². The molecule has 0 bridgehead atoms. The van der Waals surface area contributed by atoms with Crippen LogP contribution >= 0.6 is 24.0 Å². The first kappa shape index (κ1) is 14.5. The third kappa shape index (κ3) is 4.66. The Morgan fingerprint density at radius 3 is 2.18 bits per heavy atom. The number of nitrogens with zero attached hydrogens (tertiary/aromatic N) is 1. The van der Waals surface area contributed by atoms with Crippen molar-refractivity contribution in [1.29, 1.82) is 0 Å². The molecule has 1 aromatic carbocycles. The van der Waals surface area contributed by atoms with Crippen LogP contribution in [0.4, 0.5) is 0 Å². The van der Waals surface area contributed by atoms with E-state index < -0.39 is 0 Å². The maximum absolute atomic E-state index is 8.95. The van der Waals surface area contributed by atoms with Gasteiger partial charge in [0.25, 0.3) is 0 Å². The van der Waals surface area contributed by atoms with Crippen molar-refractivity contribution in [3.05, 3.63) is 35.4 Å². The molecule has 4 heteroatoms. The molecule has 0 aliphatic carbocycles. The molecule has 17 heavy (non-hydrogen) atoms. The van der Waals surface area contributed by atoms with Crippen molar-refractivity contribution in [2.75, 3.05) is 13.1 Å². The fraction of sp³-hybridized carbons (Fsp3) is 0.462. The van der Waals surface area contributed by atoms with Crippen LogP contribution < -0.4 is 0 Å². The molecule has 0 fully saturated rings. The van der Waals surface area contributed by atoms with Gasteiger partial charge in [-0.05, 0) is 25.0 Å². The maximum Gasteiger partial charge on any atom is 0.136 e. The molecule has 1 N–H and O–H groups in total. The van der Waals surface area contributed by atoms with Crippen molar-refractivity contribution in [2.24, 2.45) is 0 Å². The van der Waals surface area contributed by atoms with Crippen molar-refractivity contribution < 1.29 is 5.11 Å². The highest BCUT2D eigenvalue weighted by atomic mass is 32.2. The highest BCUT2D eigenvalue weighted by Gasteiger charge is 2.05. The van der Waals surface area contributed by atoms with Crippen molar-refractivity contribution in [3.63, 3.8) is 0 Å². The Kier molecular flexibility index (Phi) is 6.55. The number of rotatable bonds is 5. The molecular weight excluding hydrogens is 250 g/mol. The van der Waals surface area contributed by atoms with Crippen molar-refractivity contribution >= 4 is 28.3 Å². The zero-order valence-corrected chi connectivity index (χ0v) is 12.0. The molecule has 0 aliphatic heterocycles. The van der Waals surface area contributed by atoms with E-state index in [2.05, 4.69) is 18.7 Å². The number of thioether (sulfide) groups is 1. The summed E-state index contributed by atoms with van der Waals surface area (Å²) >= 11 is 7.07. The minimum Gasteiger partial charge on any atom is -0.392 e. The number of benzene rings is 1. The molecular formula is C13H19NOS2. The van der Waals surface area contributed by atoms with E-state index in [1.54, 1.807) is 11.8 Å². The van der Waals surface area contributed by atoms with Gasteiger partial charge < -0.3 is 10.0 Å². The standard InChI is InChI=1S/C13H19NOS2/c1-3-14(4-2)13(16)17-10-12-7-5-11(9-15)6-8-12/h5-8,15H,3-4,9-10H2,1-2H3. The lowest BCUT2D eigenvalue weighted by atomic mass is 10.2. The lowest BCUT2D eigenvalue weighted by Gasteiger charge is -2.20. The summed E-state index contributed by atoms with van der Waals surface area (Å²) in [4.78, 5) is 2.18. The van der Waals surface area contributed by atoms with Crippen LogP contribution in [-0.2, 0) is 12.4 Å². The molecule has 94 valence electrons. The fourth-order valence-electron chi connectivity index (χ4n) is 1.46. The van der Waals surface area contributed by atoms with Gasteiger partial charge in [0, 0.05) is 18.8 Å². The van der Waals surface area contributed by atoms with Crippen molar-refractivity contribution in [3.8, 4) is 0 Å². The molecule has 1 rings (SSSR count). The average molecular weight is 269 g/mol. The minimum atomic E-state index is 0.102. The number of thiocarbonyl (C=S) groups is 1. The van der Waals surface area contributed by atoms with Gasteiger partial charge in [-0.25, -0.2) is 0 Å². The summed E-state index contributed by atoms with van der Waals surface area (Å²) < 4.78 is 0.959. The van der Waals surface area contributed by atoms with E-state index in [1.165, 1.54) is 5.56 Å². The summed E-state index contributed by atoms with van der Waals surface area (Å²) in [6, 6.07) is 8.00. The highest BCUT2D eigenvalue weighted by Crippen LogP contribution is 2.17. The summed E-state index contributed by atoms with van der Waals surface area (Å²) in [6.45, 7) is 6.27. The van der Waals surface area contributed by atoms with Crippen LogP contribution in [0.1, 0.15) is 25.0 Å². The summed E-state index contributed by atoms with van der Waals surface area (Å²) in [5.74, 6) is 0.890. The van der Waals surface area contributed by atoms with Crippen LogP contribution in [0.5, 0.6) is 0 Å². The van der Waals surface area contributed by atoms with Crippen LogP contribution in [-0.4, -0.2) is 27.4 Å². The second-order valence-corrected chi connectivity index (χ2v) is 5.31. The molecule has 0 saturated heterocycles. The summed E-state index contributed by atoms with van der Waals surface area (Å²) in [7, 11) is 0. The number of hydrogen-bond acceptors (Lipinski definition) is 3. The van der Waals surface area contributed by atoms with Crippen LogP contribution in [0.3, 0.4) is 0 Å². The zero-order valence-electron chi connectivity index (χ0n) is 10.3. The van der Waals surface area contributed by atoms with Crippen molar-refractivity contribution in [1.82, 2.24) is 4.90 Å². The zero-order chi connectivity index (χ0) is 12.7. The van der Waals surface area contributed by atoms with Gasteiger partial charge in [-0.3, -0.25) is 0 Å². The minimum absolute atomic E-state index is 0.102. The topological polar surface area (TPSA) is 23.5 Å². The highest BCUT2D eigenvalue weighted by molar-refractivity contribution is 8.22. The molecule has 0 atom stereocenters. The second kappa shape index (κ2) is 7.69. The summed E-state index contributed by atoms with van der Waals surface area (Å²) in [5, 5.41) is 8.95. The van der Waals surface area contributed by atoms with E-state index in [0.29, 0.717) is 0 Å². The van der Waals surface area contributed by atoms with E-state index >= 15 is 0 Å². The van der Waals surface area contributed by atoms with Crippen LogP contribution in [0.15, 0.2) is 24.3 Å². The Hall–Kier alpha value is -0.580. The first-order chi connectivity index (χ1) is 8.21. The maximum atomic E-state index is 8.95. The molecule has 0 heterocycles. The molecule has 0 aliphatic rings. The predicted octanol–water partition coefficient (Wildman–Crippen LogP) is 3.04. The van der Waals surface area contributed by atoms with E-state index in [4.69, 9.17) is 17.3 Å². The Labute approximate surface area is 113 Å². The SMILES string of the molecule is CCN(CC)C(=S)SCc1ccc(CO)cc1. The molecule has 1 aromatic rings. The smallest absolute Gasteiger partial charge is 0.136 e. The van der Waals surface area contributed by atoms with Gasteiger partial charge in [-0.15, -0.1) is 0 Å². The van der Waals surface area contributed by atoms with Crippen LogP contribution in [0, 0.1) is 0 Å². The Morgan fingerprint density at radius 1 is 1.18 bits per heavy atom. The van der Waals surface area contributed by atoms with Gasteiger partial charge in [0.05, 0.1) is 6.61 Å². The van der Waals surface area contributed by atoms with Gasteiger partial charge >= 0.3 is 0 Å². The fourth-order valence-corrected chi connectivity index (χ4v) is 2.82. The first-order valence-electron chi connectivity index (χ1n) is 5.81. The van der Waals surface area contributed by atoms with E-state index in [9.17, 15) is 0 Å². The summed E-state index contributed by atoms with van der Waals surface area (Å²) in [6.07, 6.45) is 0. The van der Waals surface area contributed by atoms with Gasteiger partial charge in [0.15, 0.2) is 0 Å². The number of aliphatic hydroxyl groups is 1. The van der Waals surface area contributed by atoms with E-state index in [1.807, 2.05) is 24.3 Å². The average Bonchev–Trinajstić information content (AvgIpc) is 2.38. The molecule has 0 unspecified atom stereocenters. The molecule has 0 saturated carbocycles. The molecule has 0 radical (unpaired) electrons. The first-order valence-corrected chi connectivity index (χ1v) is 7.21. The van der Waals surface area contributed by atoms with Gasteiger partial charge in [0.2, 0.25) is 0 Å². The third-order valence-electron chi connectivity index (χ3n) is 2.59. The Morgan fingerprint density at radius 2 is 1.71 bits per heavy atom. The molecule has 0 aromatic heterocycles. The molecule has 0 spiro atoms. The monoisotopic (exact) mass is 269 g/mol.